The van der Waals surface area contributed by atoms with Crippen molar-refractivity contribution in [2.45, 2.75) is 32.0 Å². The van der Waals surface area contributed by atoms with Crippen LogP contribution in [-0.4, -0.2) is 46.1 Å². The van der Waals surface area contributed by atoms with Crippen LogP contribution in [0, 0.1) is 5.82 Å². The Morgan fingerprint density at radius 3 is 2.47 bits per heavy atom. The normalized spacial score (nSPS) is 18.2. The first-order chi connectivity index (χ1) is 18.2. The number of ketones is 2. The Bertz CT molecular complexity index is 1570. The van der Waals surface area contributed by atoms with Gasteiger partial charge in [0.2, 0.25) is 17.6 Å². The predicted molar refractivity (Wildman–Crippen MR) is 126 cm³/mol. The number of benzene rings is 2. The van der Waals surface area contributed by atoms with Crippen LogP contribution in [0.1, 0.15) is 76.9 Å². The van der Waals surface area contributed by atoms with Crippen LogP contribution in [-0.2, 0) is 22.7 Å². The number of hydrogen-bond acceptors (Lipinski definition) is 7. The van der Waals surface area contributed by atoms with E-state index < -0.39 is 47.1 Å². The Hall–Kier alpha value is -4.93. The molecule has 1 saturated heterocycles. The van der Waals surface area contributed by atoms with Crippen molar-refractivity contribution < 1.29 is 37.6 Å². The van der Waals surface area contributed by atoms with Crippen molar-refractivity contribution in [2.75, 3.05) is 0 Å². The van der Waals surface area contributed by atoms with Gasteiger partial charge in [0.1, 0.15) is 11.9 Å². The maximum Gasteiger partial charge on any atom is 0.287 e. The van der Waals surface area contributed by atoms with Crippen LogP contribution in [0.5, 0.6) is 0 Å². The molecule has 2 N–H and O–H groups in total. The topological polar surface area (TPSA) is 143 Å². The smallest absolute Gasteiger partial charge is 0.287 e. The molecule has 3 aromatic rings. The quantitative estimate of drug-likeness (QED) is 0.395. The van der Waals surface area contributed by atoms with Crippen LogP contribution >= 0.6 is 0 Å². The Labute approximate surface area is 213 Å². The number of rotatable bonds is 4. The molecule has 0 radical (unpaired) electrons. The van der Waals surface area contributed by atoms with Gasteiger partial charge in [0.05, 0.1) is 12.1 Å². The minimum atomic E-state index is -0.878. The standard InChI is InChI=1S/C27H18FN3O7/c28-21-12(5-6-15-17(21)11-31(27(15)37)18-7-8-20(32)30-25(18)35)10-29-26(36)19-9-16-22(33)13-3-1-2-4-14(13)23(34)24(16)38-19/h1-6,9,18H,7-8,10-11H2,(H,29,36)(H,30,32,35). The first-order valence-electron chi connectivity index (χ1n) is 11.8. The second-order valence-corrected chi connectivity index (χ2v) is 9.20. The molecule has 4 amide bonds. The van der Waals surface area contributed by atoms with E-state index in [2.05, 4.69) is 10.6 Å². The molecule has 3 aliphatic rings. The van der Waals surface area contributed by atoms with Crippen molar-refractivity contribution in [2.24, 2.45) is 0 Å². The molecule has 1 aromatic heterocycles. The van der Waals surface area contributed by atoms with Gasteiger partial charge in [0.25, 0.3) is 11.8 Å². The second-order valence-electron chi connectivity index (χ2n) is 9.20. The maximum atomic E-state index is 15.3. The summed E-state index contributed by atoms with van der Waals surface area (Å²) < 4.78 is 20.8. The number of nitrogens with one attached hydrogen (secondary N) is 2. The molecule has 10 nitrogen and oxygen atoms in total. The molecule has 38 heavy (non-hydrogen) atoms. The van der Waals surface area contributed by atoms with Gasteiger partial charge in [-0.15, -0.1) is 0 Å². The van der Waals surface area contributed by atoms with Crippen molar-refractivity contribution in [3.8, 4) is 0 Å². The number of hydrogen-bond donors (Lipinski definition) is 2. The number of carbonyl (C=O) groups excluding carboxylic acids is 6. The second kappa shape index (κ2) is 8.58. The molecule has 2 aliphatic heterocycles. The molecule has 1 atom stereocenters. The first kappa shape index (κ1) is 23.5. The van der Waals surface area contributed by atoms with Crippen LogP contribution in [0.15, 0.2) is 46.9 Å². The third kappa shape index (κ3) is 3.54. The zero-order valence-electron chi connectivity index (χ0n) is 19.6. The lowest BCUT2D eigenvalue weighted by Gasteiger charge is -2.29. The van der Waals surface area contributed by atoms with Crippen LogP contribution in [0.4, 0.5) is 4.39 Å². The van der Waals surface area contributed by atoms with E-state index in [9.17, 15) is 28.8 Å². The highest BCUT2D eigenvalue weighted by molar-refractivity contribution is 6.27. The predicted octanol–water partition coefficient (Wildman–Crippen LogP) is 1.89. The van der Waals surface area contributed by atoms with Crippen molar-refractivity contribution in [1.82, 2.24) is 15.5 Å². The number of halogens is 1. The van der Waals surface area contributed by atoms with Crippen molar-refractivity contribution in [3.05, 3.63) is 93.2 Å². The van der Waals surface area contributed by atoms with Gasteiger partial charge in [-0.05, 0) is 12.5 Å². The van der Waals surface area contributed by atoms with E-state index >= 15 is 4.39 Å². The summed E-state index contributed by atoms with van der Waals surface area (Å²) in [6.45, 7) is -0.415. The number of amides is 4. The number of nitrogens with zero attached hydrogens (tertiary/aromatic N) is 1. The van der Waals surface area contributed by atoms with Crippen molar-refractivity contribution in [1.29, 1.82) is 0 Å². The summed E-state index contributed by atoms with van der Waals surface area (Å²) in [5, 5.41) is 4.70. The Kier molecular flexibility index (Phi) is 5.30. The number of piperidine rings is 1. The maximum absolute atomic E-state index is 15.3. The molecule has 0 saturated carbocycles. The lowest BCUT2D eigenvalue weighted by molar-refractivity contribution is -0.136. The van der Waals surface area contributed by atoms with Gasteiger partial charge in [-0.3, -0.25) is 34.1 Å². The van der Waals surface area contributed by atoms with E-state index in [4.69, 9.17) is 4.42 Å². The van der Waals surface area contributed by atoms with Gasteiger partial charge in [-0.25, -0.2) is 4.39 Å². The average Bonchev–Trinajstić information content (AvgIpc) is 3.50. The third-order valence-corrected chi connectivity index (χ3v) is 6.99. The van der Waals surface area contributed by atoms with Crippen LogP contribution in [0.25, 0.3) is 0 Å². The fourth-order valence-electron chi connectivity index (χ4n) is 5.04. The number of furan rings is 1. The van der Waals surface area contributed by atoms with Gasteiger partial charge < -0.3 is 14.6 Å². The summed E-state index contributed by atoms with van der Waals surface area (Å²) in [7, 11) is 0. The summed E-state index contributed by atoms with van der Waals surface area (Å²) in [6, 6.07) is 9.37. The summed E-state index contributed by atoms with van der Waals surface area (Å²) in [5.41, 5.74) is 0.679. The average molecular weight is 515 g/mol. The van der Waals surface area contributed by atoms with Gasteiger partial charge in [-0.2, -0.15) is 0 Å². The molecular weight excluding hydrogens is 497 g/mol. The number of fused-ring (bicyclic) bond motifs is 3. The molecule has 0 spiro atoms. The zero-order valence-corrected chi connectivity index (χ0v) is 19.6. The summed E-state index contributed by atoms with van der Waals surface area (Å²) in [5.74, 6) is -4.44. The molecule has 1 fully saturated rings. The largest absolute Gasteiger partial charge is 0.447 e. The lowest BCUT2D eigenvalue weighted by atomic mass is 9.89. The van der Waals surface area contributed by atoms with E-state index in [-0.39, 0.29) is 70.8 Å². The van der Waals surface area contributed by atoms with Gasteiger partial charge in [-0.1, -0.05) is 30.3 Å². The van der Waals surface area contributed by atoms with Crippen LogP contribution in [0.2, 0.25) is 0 Å². The highest BCUT2D eigenvalue weighted by Crippen LogP contribution is 2.32. The van der Waals surface area contributed by atoms with Crippen molar-refractivity contribution >= 4 is 35.2 Å². The molecule has 1 aliphatic carbocycles. The van der Waals surface area contributed by atoms with Crippen LogP contribution in [0.3, 0.4) is 0 Å². The lowest BCUT2D eigenvalue weighted by Crippen LogP contribution is -2.52. The van der Waals surface area contributed by atoms with Gasteiger partial charge >= 0.3 is 0 Å². The van der Waals surface area contributed by atoms with Crippen molar-refractivity contribution in [3.63, 3.8) is 0 Å². The van der Waals surface area contributed by atoms with Crippen LogP contribution < -0.4 is 10.6 Å². The molecule has 1 unspecified atom stereocenters. The summed E-state index contributed by atoms with van der Waals surface area (Å²) in [6.07, 6.45) is 0.230. The van der Waals surface area contributed by atoms with E-state index in [0.29, 0.717) is 0 Å². The summed E-state index contributed by atoms with van der Waals surface area (Å²) >= 11 is 0. The molecule has 2 aromatic carbocycles. The highest BCUT2D eigenvalue weighted by atomic mass is 19.1. The third-order valence-electron chi connectivity index (χ3n) is 6.99. The molecule has 6 rings (SSSR count). The molecule has 11 heteroatoms. The SMILES string of the molecule is O=C1CCC(N2Cc3c(ccc(CNC(=O)c4cc5c(o4)C(=O)c4ccccc4C5=O)c3F)C2=O)C(=O)N1. The summed E-state index contributed by atoms with van der Waals surface area (Å²) in [4.78, 5) is 75.9. The Balaban J connectivity index is 1.18. The van der Waals surface area contributed by atoms with E-state index in [1.807, 2.05) is 0 Å². The number of imide groups is 1. The Morgan fingerprint density at radius 1 is 1.00 bits per heavy atom. The zero-order chi connectivity index (χ0) is 26.7. The fourth-order valence-corrected chi connectivity index (χ4v) is 5.04. The number of carbonyl (C=O) groups is 6. The molecule has 190 valence electrons. The Morgan fingerprint density at radius 2 is 1.74 bits per heavy atom. The van der Waals surface area contributed by atoms with E-state index in [0.717, 1.165) is 0 Å². The highest BCUT2D eigenvalue weighted by Gasteiger charge is 2.40. The first-order valence-corrected chi connectivity index (χ1v) is 11.8. The minimum absolute atomic E-state index is 0.0189. The minimum Gasteiger partial charge on any atom is -0.447 e. The monoisotopic (exact) mass is 515 g/mol. The van der Waals surface area contributed by atoms with Gasteiger partial charge in [0, 0.05) is 46.8 Å². The molecular formula is C27H18FN3O7. The van der Waals surface area contributed by atoms with E-state index in [1.54, 1.807) is 12.1 Å². The molecule has 0 bridgehead atoms. The van der Waals surface area contributed by atoms with E-state index in [1.165, 1.54) is 35.2 Å². The molecule has 3 heterocycles. The fraction of sp³-hybridized carbons (Fsp3) is 0.185. The van der Waals surface area contributed by atoms with Gasteiger partial charge in [0.15, 0.2) is 17.3 Å².